The second-order valence-electron chi connectivity index (χ2n) is 11.0. The Morgan fingerprint density at radius 1 is 1.00 bits per heavy atom. The lowest BCUT2D eigenvalue weighted by molar-refractivity contribution is -0.137. The Bertz CT molecular complexity index is 1460. The molecule has 3 aliphatic rings. The van der Waals surface area contributed by atoms with E-state index in [-0.39, 0.29) is 36.4 Å². The number of hydrogen-bond acceptors (Lipinski definition) is 7. The maximum absolute atomic E-state index is 14.4. The fourth-order valence-corrected chi connectivity index (χ4v) is 5.65. The van der Waals surface area contributed by atoms with Crippen molar-refractivity contribution in [1.82, 2.24) is 25.4 Å². The molecule has 1 unspecified atom stereocenters. The molecule has 10 nitrogen and oxygen atoms in total. The van der Waals surface area contributed by atoms with Gasteiger partial charge in [-0.3, -0.25) is 24.3 Å². The Hall–Kier alpha value is -4.51. The third-order valence-corrected chi connectivity index (χ3v) is 7.85. The smallest absolute Gasteiger partial charge is 0.251 e. The summed E-state index contributed by atoms with van der Waals surface area (Å²) < 4.78 is 25.8. The lowest BCUT2D eigenvalue weighted by Crippen LogP contribution is -2.44. The van der Waals surface area contributed by atoms with Crippen molar-refractivity contribution >= 4 is 17.7 Å². The van der Waals surface area contributed by atoms with Gasteiger partial charge in [-0.2, -0.15) is 0 Å². The van der Waals surface area contributed by atoms with Crippen LogP contribution in [0.15, 0.2) is 60.9 Å². The molecule has 3 amide bonds. The monoisotopic (exact) mass is 603 g/mol. The molecule has 0 aliphatic carbocycles. The third kappa shape index (κ3) is 7.90. The van der Waals surface area contributed by atoms with E-state index in [1.807, 2.05) is 12.1 Å². The van der Waals surface area contributed by atoms with Crippen LogP contribution in [0.1, 0.15) is 59.6 Å². The Balaban J connectivity index is 1.37. The van der Waals surface area contributed by atoms with E-state index < -0.39 is 11.9 Å². The SMILES string of the molecule is COc1cc2ccc1Oc1cc(F)cc(c1)CNC(=O)CCCN(C(=O)C(c1cccnc1)N1CCCC1)CCCNC2=O. The van der Waals surface area contributed by atoms with Gasteiger partial charge in [-0.15, -0.1) is 0 Å². The standard InChI is InChI=1S/C33H38FN5O5/c1-43-29-19-24-9-10-28(29)44-27-18-23(17-26(34)20-27)21-37-30(40)8-5-15-39(16-6-12-36-32(24)41)33(42)31(38-13-2-3-14-38)25-7-4-11-35-22-25/h4,7,9-11,17-20,22,31H,2-3,5-6,8,12-16,21H2,1H3,(H,36,41)(H,37,40). The van der Waals surface area contributed by atoms with Gasteiger partial charge in [0.2, 0.25) is 11.8 Å². The van der Waals surface area contributed by atoms with Crippen molar-refractivity contribution in [2.75, 3.05) is 39.8 Å². The van der Waals surface area contributed by atoms with E-state index >= 15 is 0 Å². The Morgan fingerprint density at radius 2 is 1.82 bits per heavy atom. The van der Waals surface area contributed by atoms with Crippen LogP contribution in [-0.4, -0.2) is 72.3 Å². The van der Waals surface area contributed by atoms with Crippen molar-refractivity contribution in [3.63, 3.8) is 0 Å². The van der Waals surface area contributed by atoms with Crippen LogP contribution < -0.4 is 20.1 Å². The molecule has 6 rings (SSSR count). The van der Waals surface area contributed by atoms with Crippen molar-refractivity contribution in [2.24, 2.45) is 0 Å². The molecule has 3 aliphatic heterocycles. The molecule has 0 saturated carbocycles. The van der Waals surface area contributed by atoms with Crippen LogP contribution in [0.3, 0.4) is 0 Å². The molecule has 1 fully saturated rings. The summed E-state index contributed by atoms with van der Waals surface area (Å²) in [6.07, 6.45) is 6.67. The summed E-state index contributed by atoms with van der Waals surface area (Å²) in [5, 5.41) is 5.77. The Morgan fingerprint density at radius 3 is 2.59 bits per heavy atom. The number of carbonyl (C=O) groups is 3. The summed E-state index contributed by atoms with van der Waals surface area (Å²) >= 11 is 0. The van der Waals surface area contributed by atoms with E-state index in [4.69, 9.17) is 9.47 Å². The van der Waals surface area contributed by atoms with Gasteiger partial charge in [-0.1, -0.05) is 6.07 Å². The molecule has 232 valence electrons. The lowest BCUT2D eigenvalue weighted by Gasteiger charge is -2.32. The van der Waals surface area contributed by atoms with Gasteiger partial charge >= 0.3 is 0 Å². The number of benzene rings is 2. The van der Waals surface area contributed by atoms with Gasteiger partial charge in [-0.25, -0.2) is 4.39 Å². The number of aromatic nitrogens is 1. The maximum atomic E-state index is 14.4. The highest BCUT2D eigenvalue weighted by Gasteiger charge is 2.33. The first kappa shape index (κ1) is 30.9. The molecular formula is C33H38FN5O5. The predicted octanol–water partition coefficient (Wildman–Crippen LogP) is 4.22. The first-order valence-electron chi connectivity index (χ1n) is 15.0. The summed E-state index contributed by atoms with van der Waals surface area (Å²) in [6, 6.07) is 12.3. The normalized spacial score (nSPS) is 17.7. The number of amides is 3. The molecule has 44 heavy (non-hydrogen) atoms. The fraction of sp³-hybridized carbons (Fsp3) is 0.394. The van der Waals surface area contributed by atoms with Crippen molar-refractivity contribution in [1.29, 1.82) is 0 Å². The minimum absolute atomic E-state index is 0.0404. The molecular weight excluding hydrogens is 565 g/mol. The molecule has 2 aromatic carbocycles. The summed E-state index contributed by atoms with van der Waals surface area (Å²) in [7, 11) is 1.46. The number of likely N-dealkylation sites (tertiary alicyclic amines) is 1. The van der Waals surface area contributed by atoms with E-state index in [2.05, 4.69) is 20.5 Å². The molecule has 3 aromatic rings. The maximum Gasteiger partial charge on any atom is 0.251 e. The summed E-state index contributed by atoms with van der Waals surface area (Å²) in [4.78, 5) is 48.1. The average molecular weight is 604 g/mol. The van der Waals surface area contributed by atoms with E-state index in [1.54, 1.807) is 41.6 Å². The number of methoxy groups -OCH3 is 1. The number of nitrogens with one attached hydrogen (secondary N) is 2. The molecule has 0 spiro atoms. The largest absolute Gasteiger partial charge is 0.493 e. The molecule has 0 radical (unpaired) electrons. The number of ether oxygens (including phenoxy) is 2. The molecule has 2 N–H and O–H groups in total. The number of pyridine rings is 1. The highest BCUT2D eigenvalue weighted by Crippen LogP contribution is 2.33. The zero-order valence-electron chi connectivity index (χ0n) is 24.9. The van der Waals surface area contributed by atoms with Crippen molar-refractivity contribution < 1.29 is 28.2 Å². The van der Waals surface area contributed by atoms with Crippen LogP contribution in [0.4, 0.5) is 4.39 Å². The summed E-state index contributed by atoms with van der Waals surface area (Å²) in [5.74, 6) is -0.195. The van der Waals surface area contributed by atoms with Crippen molar-refractivity contribution in [2.45, 2.75) is 44.7 Å². The highest BCUT2D eigenvalue weighted by atomic mass is 19.1. The topological polar surface area (TPSA) is 113 Å². The van der Waals surface area contributed by atoms with Crippen LogP contribution in [-0.2, 0) is 16.1 Å². The van der Waals surface area contributed by atoms with E-state index in [9.17, 15) is 18.8 Å². The number of fused-ring (bicyclic) bond motifs is 13. The quantitative estimate of drug-likeness (QED) is 0.459. The van der Waals surface area contributed by atoms with E-state index in [0.29, 0.717) is 55.1 Å². The van der Waals surface area contributed by atoms with Crippen LogP contribution in [0, 0.1) is 5.82 Å². The van der Waals surface area contributed by atoms with Crippen LogP contribution in [0.2, 0.25) is 0 Å². The Kier molecular flexibility index (Phi) is 10.4. The minimum Gasteiger partial charge on any atom is -0.493 e. The molecule has 1 aromatic heterocycles. The van der Waals surface area contributed by atoms with E-state index in [0.717, 1.165) is 31.5 Å². The van der Waals surface area contributed by atoms with Gasteiger partial charge in [0.25, 0.3) is 5.91 Å². The number of halogens is 1. The van der Waals surface area contributed by atoms with Crippen LogP contribution in [0.5, 0.6) is 17.2 Å². The second kappa shape index (κ2) is 14.8. The number of nitrogens with zero attached hydrogens (tertiary/aromatic N) is 3. The van der Waals surface area contributed by atoms with E-state index in [1.165, 1.54) is 19.2 Å². The Labute approximate surface area is 256 Å². The van der Waals surface area contributed by atoms with Gasteiger partial charge in [0.15, 0.2) is 11.5 Å². The average Bonchev–Trinajstić information content (AvgIpc) is 3.55. The van der Waals surface area contributed by atoms with Gasteiger partial charge < -0.3 is 25.0 Å². The zero-order valence-corrected chi connectivity index (χ0v) is 24.9. The molecule has 4 heterocycles. The third-order valence-electron chi connectivity index (χ3n) is 7.85. The fourth-order valence-electron chi connectivity index (χ4n) is 5.65. The number of rotatable bonds is 4. The van der Waals surface area contributed by atoms with Gasteiger partial charge in [-0.05, 0) is 86.3 Å². The molecule has 1 atom stereocenters. The number of hydrogen-bond donors (Lipinski definition) is 2. The zero-order chi connectivity index (χ0) is 30.9. The predicted molar refractivity (Wildman–Crippen MR) is 162 cm³/mol. The second-order valence-corrected chi connectivity index (χ2v) is 11.0. The molecule has 11 heteroatoms. The molecule has 4 bridgehead atoms. The molecule has 1 saturated heterocycles. The first-order chi connectivity index (χ1) is 21.4. The van der Waals surface area contributed by atoms with Crippen molar-refractivity contribution in [3.8, 4) is 17.2 Å². The van der Waals surface area contributed by atoms with Gasteiger partial charge in [0, 0.05) is 56.6 Å². The van der Waals surface area contributed by atoms with Crippen molar-refractivity contribution in [3.05, 3.63) is 83.4 Å². The van der Waals surface area contributed by atoms with Crippen LogP contribution in [0.25, 0.3) is 0 Å². The first-order valence-corrected chi connectivity index (χ1v) is 15.0. The highest BCUT2D eigenvalue weighted by molar-refractivity contribution is 5.94. The number of carbonyl (C=O) groups excluding carboxylic acids is 3. The van der Waals surface area contributed by atoms with Gasteiger partial charge in [0.1, 0.15) is 17.6 Å². The van der Waals surface area contributed by atoms with Gasteiger partial charge in [0.05, 0.1) is 7.11 Å². The van der Waals surface area contributed by atoms with Crippen LogP contribution >= 0.6 is 0 Å². The minimum atomic E-state index is -0.515. The summed E-state index contributed by atoms with van der Waals surface area (Å²) in [5.41, 5.74) is 1.75. The summed E-state index contributed by atoms with van der Waals surface area (Å²) in [6.45, 7) is 2.90. The lowest BCUT2D eigenvalue weighted by atomic mass is 10.1.